The summed E-state index contributed by atoms with van der Waals surface area (Å²) in [6, 6.07) is 10.5. The molecule has 6 heteroatoms. The lowest BCUT2D eigenvalue weighted by Gasteiger charge is -2.15. The summed E-state index contributed by atoms with van der Waals surface area (Å²) >= 11 is 0. The maximum atomic E-state index is 11.3. The third-order valence-electron chi connectivity index (χ3n) is 3.92. The summed E-state index contributed by atoms with van der Waals surface area (Å²) in [4.78, 5) is 16.1. The average molecular weight is 336 g/mol. The average Bonchev–Trinajstić information content (AvgIpc) is 2.93. The summed E-state index contributed by atoms with van der Waals surface area (Å²) in [6.45, 7) is 8.19. The lowest BCUT2D eigenvalue weighted by atomic mass is 9.92. The SMILES string of the molecule is Cc1cccn2c(N=Nc3ccccc3C(=O)O)c(C(C)(C)C)nc12. The molecule has 0 amide bonds. The van der Waals surface area contributed by atoms with E-state index in [1.807, 2.05) is 29.7 Å². The third kappa shape index (κ3) is 3.15. The van der Waals surface area contributed by atoms with Crippen molar-refractivity contribution < 1.29 is 9.90 Å². The van der Waals surface area contributed by atoms with Crippen molar-refractivity contribution in [1.82, 2.24) is 9.38 Å². The van der Waals surface area contributed by atoms with Gasteiger partial charge in [0.25, 0.3) is 0 Å². The van der Waals surface area contributed by atoms with Gasteiger partial charge < -0.3 is 5.11 Å². The third-order valence-corrected chi connectivity index (χ3v) is 3.92. The molecule has 0 fully saturated rings. The molecular weight excluding hydrogens is 316 g/mol. The highest BCUT2D eigenvalue weighted by Gasteiger charge is 2.24. The minimum absolute atomic E-state index is 0.119. The van der Waals surface area contributed by atoms with Gasteiger partial charge in [0.15, 0.2) is 5.82 Å². The van der Waals surface area contributed by atoms with E-state index in [2.05, 4.69) is 31.0 Å². The van der Waals surface area contributed by atoms with Crippen molar-refractivity contribution in [2.75, 3.05) is 0 Å². The molecule has 128 valence electrons. The highest BCUT2D eigenvalue weighted by Crippen LogP contribution is 2.34. The van der Waals surface area contributed by atoms with E-state index in [0.29, 0.717) is 11.5 Å². The fourth-order valence-corrected chi connectivity index (χ4v) is 2.63. The number of nitrogens with zero attached hydrogens (tertiary/aromatic N) is 4. The molecule has 0 spiro atoms. The van der Waals surface area contributed by atoms with Crippen LogP contribution >= 0.6 is 0 Å². The number of benzene rings is 1. The van der Waals surface area contributed by atoms with Gasteiger partial charge in [0.2, 0.25) is 0 Å². The second kappa shape index (κ2) is 6.12. The molecule has 25 heavy (non-hydrogen) atoms. The molecule has 2 heterocycles. The van der Waals surface area contributed by atoms with Crippen molar-refractivity contribution in [2.45, 2.75) is 33.1 Å². The van der Waals surface area contributed by atoms with E-state index in [-0.39, 0.29) is 11.0 Å². The van der Waals surface area contributed by atoms with Crippen molar-refractivity contribution in [2.24, 2.45) is 10.2 Å². The van der Waals surface area contributed by atoms with Crippen LogP contribution in [0, 0.1) is 6.92 Å². The minimum Gasteiger partial charge on any atom is -0.478 e. The largest absolute Gasteiger partial charge is 0.478 e. The number of aromatic carboxylic acids is 1. The highest BCUT2D eigenvalue weighted by molar-refractivity contribution is 5.93. The number of fused-ring (bicyclic) bond motifs is 1. The Kier molecular flexibility index (Phi) is 4.12. The number of rotatable bonds is 3. The summed E-state index contributed by atoms with van der Waals surface area (Å²) in [5.74, 6) is -0.411. The van der Waals surface area contributed by atoms with Crippen LogP contribution in [0.15, 0.2) is 52.8 Å². The van der Waals surface area contributed by atoms with Crippen LogP contribution in [-0.4, -0.2) is 20.5 Å². The Bertz CT molecular complexity index is 981. The standard InChI is InChI=1S/C19H20N4O2/c1-12-8-7-11-23-16(12)20-15(19(2,3)4)17(23)22-21-14-10-6-5-9-13(14)18(24)25/h5-11H,1-4H3,(H,24,25). The van der Waals surface area contributed by atoms with Gasteiger partial charge in [-0.05, 0) is 30.7 Å². The van der Waals surface area contributed by atoms with E-state index >= 15 is 0 Å². The van der Waals surface area contributed by atoms with Crippen LogP contribution < -0.4 is 0 Å². The molecule has 1 N–H and O–H groups in total. The molecular formula is C19H20N4O2. The second-order valence-electron chi connectivity index (χ2n) is 6.94. The maximum Gasteiger partial charge on any atom is 0.337 e. The molecule has 3 rings (SSSR count). The lowest BCUT2D eigenvalue weighted by Crippen LogP contribution is -2.11. The lowest BCUT2D eigenvalue weighted by molar-refractivity contribution is 0.0697. The maximum absolute atomic E-state index is 11.3. The van der Waals surface area contributed by atoms with E-state index in [1.54, 1.807) is 18.2 Å². The number of carboxylic acids is 1. The van der Waals surface area contributed by atoms with Crippen LogP contribution in [0.4, 0.5) is 11.5 Å². The smallest absolute Gasteiger partial charge is 0.337 e. The predicted molar refractivity (Wildman–Crippen MR) is 96.2 cm³/mol. The Morgan fingerprint density at radius 3 is 2.52 bits per heavy atom. The van der Waals surface area contributed by atoms with Gasteiger partial charge in [0, 0.05) is 11.6 Å². The Morgan fingerprint density at radius 2 is 1.84 bits per heavy atom. The number of azo groups is 1. The molecule has 6 nitrogen and oxygen atoms in total. The van der Waals surface area contributed by atoms with Crippen LogP contribution in [0.5, 0.6) is 0 Å². The van der Waals surface area contributed by atoms with E-state index < -0.39 is 5.97 Å². The Hall–Kier alpha value is -3.02. The van der Waals surface area contributed by atoms with Gasteiger partial charge in [-0.15, -0.1) is 10.2 Å². The first kappa shape index (κ1) is 16.8. The number of hydrogen-bond donors (Lipinski definition) is 1. The molecule has 0 saturated heterocycles. The molecule has 0 atom stereocenters. The second-order valence-corrected chi connectivity index (χ2v) is 6.94. The molecule has 0 aliphatic heterocycles. The normalized spacial score (nSPS) is 12.2. The van der Waals surface area contributed by atoms with Crippen molar-refractivity contribution in [1.29, 1.82) is 0 Å². The number of carbonyl (C=O) groups is 1. The van der Waals surface area contributed by atoms with Gasteiger partial charge in [-0.3, -0.25) is 4.40 Å². The van der Waals surface area contributed by atoms with Crippen LogP contribution in [0.2, 0.25) is 0 Å². The first-order valence-corrected chi connectivity index (χ1v) is 8.01. The topological polar surface area (TPSA) is 79.3 Å². The van der Waals surface area contributed by atoms with Gasteiger partial charge in [-0.2, -0.15) is 0 Å². The summed E-state index contributed by atoms with van der Waals surface area (Å²) in [6.07, 6.45) is 1.89. The molecule has 3 aromatic rings. The van der Waals surface area contributed by atoms with Crippen molar-refractivity contribution in [3.8, 4) is 0 Å². The van der Waals surface area contributed by atoms with Crippen molar-refractivity contribution >= 4 is 23.1 Å². The fourth-order valence-electron chi connectivity index (χ4n) is 2.63. The van der Waals surface area contributed by atoms with Gasteiger partial charge in [-0.25, -0.2) is 9.78 Å². The summed E-state index contributed by atoms with van der Waals surface area (Å²) in [5, 5.41) is 17.9. The Labute approximate surface area is 145 Å². The molecule has 0 aliphatic rings. The zero-order valence-corrected chi connectivity index (χ0v) is 14.7. The molecule has 1 aromatic carbocycles. The number of hydrogen-bond acceptors (Lipinski definition) is 4. The molecule has 2 aromatic heterocycles. The quantitative estimate of drug-likeness (QED) is 0.679. The monoisotopic (exact) mass is 336 g/mol. The number of aromatic nitrogens is 2. The first-order valence-electron chi connectivity index (χ1n) is 8.01. The predicted octanol–water partition coefficient (Wildman–Crippen LogP) is 5.05. The molecule has 0 aliphatic carbocycles. The zero-order valence-electron chi connectivity index (χ0n) is 14.7. The van der Waals surface area contributed by atoms with E-state index in [9.17, 15) is 9.90 Å². The first-order chi connectivity index (χ1) is 11.8. The summed E-state index contributed by atoms with van der Waals surface area (Å²) < 4.78 is 1.89. The number of aryl methyl sites for hydroxylation is 1. The van der Waals surface area contributed by atoms with Gasteiger partial charge in [-0.1, -0.05) is 39.0 Å². The van der Waals surface area contributed by atoms with Crippen LogP contribution in [-0.2, 0) is 5.41 Å². The summed E-state index contributed by atoms with van der Waals surface area (Å²) in [7, 11) is 0. The minimum atomic E-state index is -1.03. The Balaban J connectivity index is 2.19. The van der Waals surface area contributed by atoms with Crippen LogP contribution in [0.3, 0.4) is 0 Å². The molecule has 0 radical (unpaired) electrons. The van der Waals surface area contributed by atoms with Crippen LogP contribution in [0.1, 0.15) is 42.4 Å². The number of imidazole rings is 1. The molecule has 0 saturated carbocycles. The van der Waals surface area contributed by atoms with Crippen molar-refractivity contribution in [3.63, 3.8) is 0 Å². The highest BCUT2D eigenvalue weighted by atomic mass is 16.4. The zero-order chi connectivity index (χ0) is 18.2. The molecule has 0 bridgehead atoms. The van der Waals surface area contributed by atoms with E-state index in [4.69, 9.17) is 4.98 Å². The van der Waals surface area contributed by atoms with Gasteiger partial charge in [0.05, 0.1) is 11.3 Å². The number of carboxylic acid groups (broad SMARTS) is 1. The Morgan fingerprint density at radius 1 is 1.12 bits per heavy atom. The van der Waals surface area contributed by atoms with Crippen LogP contribution in [0.25, 0.3) is 5.65 Å². The van der Waals surface area contributed by atoms with Gasteiger partial charge in [0.1, 0.15) is 11.3 Å². The van der Waals surface area contributed by atoms with E-state index in [1.165, 1.54) is 6.07 Å². The number of pyridine rings is 1. The summed E-state index contributed by atoms with van der Waals surface area (Å²) in [5.41, 5.74) is 2.90. The van der Waals surface area contributed by atoms with Crippen molar-refractivity contribution in [3.05, 3.63) is 59.4 Å². The van der Waals surface area contributed by atoms with E-state index in [0.717, 1.165) is 16.9 Å². The van der Waals surface area contributed by atoms with Gasteiger partial charge >= 0.3 is 5.97 Å². The fraction of sp³-hybridized carbons (Fsp3) is 0.263. The molecule has 0 unspecified atom stereocenters.